The van der Waals surface area contributed by atoms with E-state index in [1.807, 2.05) is 13.0 Å². The molecule has 3 nitrogen and oxygen atoms in total. The lowest BCUT2D eigenvalue weighted by molar-refractivity contribution is 0.411. The van der Waals surface area contributed by atoms with E-state index < -0.39 is 10.0 Å². The number of nitrogens with zero attached hydrogens (tertiary/aromatic N) is 1. The van der Waals surface area contributed by atoms with E-state index >= 15 is 0 Å². The summed E-state index contributed by atoms with van der Waals surface area (Å²) in [5, 5.41) is 0. The van der Waals surface area contributed by atoms with Gasteiger partial charge < -0.3 is 0 Å². The summed E-state index contributed by atoms with van der Waals surface area (Å²) in [7, 11) is -3.50. The van der Waals surface area contributed by atoms with Crippen molar-refractivity contribution in [3.63, 3.8) is 0 Å². The van der Waals surface area contributed by atoms with E-state index in [1.165, 1.54) is 4.31 Å². The van der Waals surface area contributed by atoms with E-state index in [-0.39, 0.29) is 6.04 Å². The van der Waals surface area contributed by atoms with Crippen LogP contribution in [0.2, 0.25) is 0 Å². The van der Waals surface area contributed by atoms with E-state index in [9.17, 15) is 8.42 Å². The minimum absolute atomic E-state index is 0.0985. The molecule has 2 rings (SSSR count). The Balaban J connectivity index is 2.48. The highest BCUT2D eigenvalue weighted by atomic mass is 79.9. The molecule has 1 saturated heterocycles. The fraction of sp³-hybridized carbons (Fsp3) is 0.500. The van der Waals surface area contributed by atoms with Crippen molar-refractivity contribution >= 4 is 53.5 Å². The molecule has 1 fully saturated rings. The van der Waals surface area contributed by atoms with Crippen molar-refractivity contribution in [3.8, 4) is 0 Å². The molecule has 0 N–H and O–H groups in total. The molecule has 0 amide bonds. The van der Waals surface area contributed by atoms with Crippen LogP contribution in [0.25, 0.3) is 0 Å². The summed E-state index contributed by atoms with van der Waals surface area (Å²) in [6.45, 7) is 2.46. The molecule has 1 aliphatic rings. The van der Waals surface area contributed by atoms with Gasteiger partial charge in [-0.05, 0) is 53.4 Å². The van der Waals surface area contributed by atoms with Crippen molar-refractivity contribution in [1.82, 2.24) is 4.31 Å². The maximum absolute atomic E-state index is 12.7. The largest absolute Gasteiger partial charge is 0.244 e. The fourth-order valence-electron chi connectivity index (χ4n) is 2.23. The van der Waals surface area contributed by atoms with Crippen LogP contribution in [-0.2, 0) is 10.0 Å². The highest BCUT2D eigenvalue weighted by Gasteiger charge is 2.35. The standard InChI is InChI=1S/C12H14Br2ClNO2S/c1-8-5-11(14)12(6-10(8)13)19(17,18)16-4-2-3-9(16)7-15/h5-6,9H,2-4,7H2,1H3. The first-order valence-corrected chi connectivity index (χ1v) is 9.47. The predicted molar refractivity (Wildman–Crippen MR) is 84.2 cm³/mol. The SMILES string of the molecule is Cc1cc(Br)c(S(=O)(=O)N2CCCC2CCl)cc1Br. The molecule has 19 heavy (non-hydrogen) atoms. The van der Waals surface area contributed by atoms with Gasteiger partial charge >= 0.3 is 0 Å². The third-order valence-corrected chi connectivity index (χ3v) is 7.42. The minimum Gasteiger partial charge on any atom is -0.207 e. The van der Waals surface area contributed by atoms with Gasteiger partial charge in [-0.3, -0.25) is 0 Å². The second kappa shape index (κ2) is 6.02. The van der Waals surface area contributed by atoms with Gasteiger partial charge in [0.05, 0.1) is 4.90 Å². The fourth-order valence-corrected chi connectivity index (χ4v) is 5.97. The maximum atomic E-state index is 12.7. The van der Waals surface area contributed by atoms with Gasteiger partial charge in [-0.1, -0.05) is 15.9 Å². The number of benzene rings is 1. The maximum Gasteiger partial charge on any atom is 0.244 e. The first kappa shape index (κ1) is 15.8. The van der Waals surface area contributed by atoms with E-state index in [1.54, 1.807) is 6.07 Å². The van der Waals surface area contributed by atoms with Crippen molar-refractivity contribution < 1.29 is 8.42 Å². The summed E-state index contributed by atoms with van der Waals surface area (Å²) in [4.78, 5) is 0.294. The van der Waals surface area contributed by atoms with Crippen LogP contribution < -0.4 is 0 Å². The topological polar surface area (TPSA) is 37.4 Å². The lowest BCUT2D eigenvalue weighted by Gasteiger charge is -2.23. The molecule has 0 saturated carbocycles. The molecule has 1 aromatic carbocycles. The molecule has 0 bridgehead atoms. The van der Waals surface area contributed by atoms with Crippen LogP contribution in [0.1, 0.15) is 18.4 Å². The summed E-state index contributed by atoms with van der Waals surface area (Å²) in [6, 6.07) is 3.36. The molecule has 7 heteroatoms. The quantitative estimate of drug-likeness (QED) is 0.681. The van der Waals surface area contributed by atoms with Gasteiger partial charge in [-0.2, -0.15) is 4.31 Å². The molecule has 1 atom stereocenters. The Morgan fingerprint density at radius 2 is 2.05 bits per heavy atom. The first-order valence-electron chi connectivity index (χ1n) is 5.91. The lowest BCUT2D eigenvalue weighted by atomic mass is 10.2. The molecular formula is C12H14Br2ClNO2S. The number of alkyl halides is 1. The van der Waals surface area contributed by atoms with Gasteiger partial charge in [0.1, 0.15) is 0 Å². The van der Waals surface area contributed by atoms with Gasteiger partial charge in [0, 0.05) is 27.4 Å². The zero-order valence-corrected chi connectivity index (χ0v) is 15.1. The summed E-state index contributed by atoms with van der Waals surface area (Å²) >= 11 is 12.6. The zero-order chi connectivity index (χ0) is 14.2. The Morgan fingerprint density at radius 3 is 2.68 bits per heavy atom. The number of rotatable bonds is 3. The zero-order valence-electron chi connectivity index (χ0n) is 10.4. The van der Waals surface area contributed by atoms with Crippen molar-refractivity contribution in [2.75, 3.05) is 12.4 Å². The molecule has 1 aromatic rings. The summed E-state index contributed by atoms with van der Waals surface area (Å²) < 4.78 is 28.3. The van der Waals surface area contributed by atoms with Crippen LogP contribution in [0, 0.1) is 6.92 Å². The Hall–Kier alpha value is 0.380. The lowest BCUT2D eigenvalue weighted by Crippen LogP contribution is -2.36. The van der Waals surface area contributed by atoms with Crippen molar-refractivity contribution in [3.05, 3.63) is 26.6 Å². The van der Waals surface area contributed by atoms with Gasteiger partial charge in [0.25, 0.3) is 0 Å². The Bertz CT molecular complexity index is 592. The average molecular weight is 432 g/mol. The molecule has 0 aromatic heterocycles. The third kappa shape index (κ3) is 3.02. The van der Waals surface area contributed by atoms with Crippen LogP contribution in [-0.4, -0.2) is 31.2 Å². The van der Waals surface area contributed by atoms with Crippen LogP contribution in [0.3, 0.4) is 0 Å². The molecular weight excluding hydrogens is 417 g/mol. The van der Waals surface area contributed by atoms with Crippen LogP contribution >= 0.6 is 43.5 Å². The molecule has 1 aliphatic heterocycles. The van der Waals surface area contributed by atoms with Crippen LogP contribution in [0.15, 0.2) is 26.0 Å². The highest BCUT2D eigenvalue weighted by Crippen LogP contribution is 2.34. The highest BCUT2D eigenvalue weighted by molar-refractivity contribution is 9.11. The van der Waals surface area contributed by atoms with Gasteiger partial charge in [0.15, 0.2) is 0 Å². The second-order valence-corrected chi connectivity index (χ2v) is 8.47. The number of hydrogen-bond donors (Lipinski definition) is 0. The number of aryl methyl sites for hydroxylation is 1. The number of halogens is 3. The van der Waals surface area contributed by atoms with Crippen LogP contribution in [0.5, 0.6) is 0 Å². The monoisotopic (exact) mass is 429 g/mol. The molecule has 1 heterocycles. The van der Waals surface area contributed by atoms with Crippen molar-refractivity contribution in [1.29, 1.82) is 0 Å². The van der Waals surface area contributed by atoms with Crippen molar-refractivity contribution in [2.45, 2.75) is 30.7 Å². The molecule has 106 valence electrons. The Morgan fingerprint density at radius 1 is 1.37 bits per heavy atom. The molecule has 0 spiro atoms. The minimum atomic E-state index is -3.50. The van der Waals surface area contributed by atoms with E-state index in [4.69, 9.17) is 11.6 Å². The second-order valence-electron chi connectivity index (χ2n) is 4.60. The van der Waals surface area contributed by atoms with Gasteiger partial charge in [-0.25, -0.2) is 8.42 Å². The summed E-state index contributed by atoms with van der Waals surface area (Å²) in [6.07, 6.45) is 1.69. The third-order valence-electron chi connectivity index (χ3n) is 3.30. The predicted octanol–water partition coefficient (Wildman–Crippen LogP) is 3.91. The van der Waals surface area contributed by atoms with E-state index in [2.05, 4.69) is 31.9 Å². The first-order chi connectivity index (χ1) is 8.87. The number of hydrogen-bond acceptors (Lipinski definition) is 2. The van der Waals surface area contributed by atoms with E-state index in [0.29, 0.717) is 21.8 Å². The van der Waals surface area contributed by atoms with Gasteiger partial charge in [0.2, 0.25) is 10.0 Å². The normalized spacial score (nSPS) is 20.9. The smallest absolute Gasteiger partial charge is 0.207 e. The Kier molecular flexibility index (Phi) is 4.99. The molecule has 0 radical (unpaired) electrons. The van der Waals surface area contributed by atoms with Crippen LogP contribution in [0.4, 0.5) is 0 Å². The van der Waals surface area contributed by atoms with Crippen molar-refractivity contribution in [2.24, 2.45) is 0 Å². The van der Waals surface area contributed by atoms with Gasteiger partial charge in [-0.15, -0.1) is 11.6 Å². The molecule has 0 aliphatic carbocycles. The Labute approximate surface area is 135 Å². The van der Waals surface area contributed by atoms with E-state index in [0.717, 1.165) is 22.9 Å². The summed E-state index contributed by atoms with van der Waals surface area (Å²) in [5.41, 5.74) is 0.987. The summed E-state index contributed by atoms with van der Waals surface area (Å²) in [5.74, 6) is 0.337. The average Bonchev–Trinajstić information content (AvgIpc) is 2.82. The number of sulfonamides is 1. The molecule has 1 unspecified atom stereocenters.